The van der Waals surface area contributed by atoms with Crippen LogP contribution in [-0.4, -0.2) is 25.2 Å². The third-order valence-electron chi connectivity index (χ3n) is 4.42. The van der Waals surface area contributed by atoms with E-state index < -0.39 is 6.23 Å². The molecule has 0 saturated carbocycles. The summed E-state index contributed by atoms with van der Waals surface area (Å²) in [5, 5.41) is 14.7. The van der Waals surface area contributed by atoms with E-state index >= 15 is 0 Å². The van der Waals surface area contributed by atoms with E-state index in [1.54, 1.807) is 6.20 Å². The minimum atomic E-state index is -0.829. The molecule has 2 aromatic heterocycles. The van der Waals surface area contributed by atoms with Crippen molar-refractivity contribution in [3.63, 3.8) is 0 Å². The average Bonchev–Trinajstić information content (AvgIpc) is 3.11. The van der Waals surface area contributed by atoms with Crippen LogP contribution in [-0.2, 0) is 5.41 Å². The van der Waals surface area contributed by atoms with Crippen LogP contribution in [0, 0.1) is 0 Å². The third-order valence-corrected chi connectivity index (χ3v) is 4.67. The van der Waals surface area contributed by atoms with E-state index in [9.17, 15) is 5.11 Å². The smallest absolute Gasteiger partial charge is 0.139 e. The van der Waals surface area contributed by atoms with Gasteiger partial charge in [-0.05, 0) is 45.0 Å². The minimum Gasteiger partial charge on any atom is -0.374 e. The molecule has 0 aliphatic rings. The van der Waals surface area contributed by atoms with Crippen LogP contribution in [0.1, 0.15) is 59.2 Å². The molecule has 3 rings (SSSR count). The molecule has 2 heterocycles. The monoisotopic (exact) mass is 412 g/mol. The number of aliphatic hydroxyl groups excluding tert-OH is 1. The van der Waals surface area contributed by atoms with E-state index in [1.165, 1.54) is 0 Å². The van der Waals surface area contributed by atoms with Crippen LogP contribution in [0.3, 0.4) is 0 Å². The Bertz CT molecular complexity index is 981. The molecular weight excluding hydrogens is 384 g/mol. The van der Waals surface area contributed by atoms with Gasteiger partial charge < -0.3 is 5.11 Å². The van der Waals surface area contributed by atoms with Crippen LogP contribution in [0.5, 0.6) is 0 Å². The molecule has 0 fully saturated rings. The molecular formula is C23H29ClN4O. The summed E-state index contributed by atoms with van der Waals surface area (Å²) in [7, 11) is 0. The summed E-state index contributed by atoms with van der Waals surface area (Å²) in [5.41, 5.74) is 2.04. The van der Waals surface area contributed by atoms with Gasteiger partial charge >= 0.3 is 0 Å². The molecule has 0 aliphatic carbocycles. The van der Waals surface area contributed by atoms with Crippen molar-refractivity contribution in [1.82, 2.24) is 19.9 Å². The number of nitrogens with one attached hydrogen (secondary N) is 1. The van der Waals surface area contributed by atoms with E-state index in [0.29, 0.717) is 10.8 Å². The molecule has 0 radical (unpaired) electrons. The van der Waals surface area contributed by atoms with Gasteiger partial charge in [-0.15, -0.1) is 0 Å². The van der Waals surface area contributed by atoms with E-state index in [2.05, 4.69) is 31.1 Å². The number of rotatable bonds is 4. The summed E-state index contributed by atoms with van der Waals surface area (Å²) in [5.74, 6) is 1.62. The summed E-state index contributed by atoms with van der Waals surface area (Å²) in [6.07, 6.45) is 2.85. The molecule has 0 aliphatic heterocycles. The van der Waals surface area contributed by atoms with Crippen molar-refractivity contribution in [3.8, 4) is 17.1 Å². The standard InChI is InChI=1S/C23H29ClN4O/c1-22(2,3)21-25-11-12-28(21)19-14-16(20(29)27-23(4,5)6)13-18(26-19)15-7-9-17(24)10-8-15/h7-14,20,27,29H,1-6H3. The number of hydrogen-bond donors (Lipinski definition) is 2. The molecule has 2 N–H and O–H groups in total. The molecule has 0 amide bonds. The Hall–Kier alpha value is -2.21. The SMILES string of the molecule is CC(C)(C)NC(O)c1cc(-c2ccc(Cl)cc2)nc(-n2ccnc2C(C)(C)C)c1. The maximum Gasteiger partial charge on any atom is 0.139 e. The second-order valence-corrected chi connectivity index (χ2v) is 9.75. The number of halogens is 1. The van der Waals surface area contributed by atoms with Crippen LogP contribution >= 0.6 is 11.6 Å². The van der Waals surface area contributed by atoms with E-state index in [-0.39, 0.29) is 11.0 Å². The third kappa shape index (κ3) is 5.24. The van der Waals surface area contributed by atoms with Crippen molar-refractivity contribution in [2.75, 3.05) is 0 Å². The Morgan fingerprint density at radius 3 is 2.28 bits per heavy atom. The fourth-order valence-corrected chi connectivity index (χ4v) is 3.25. The van der Waals surface area contributed by atoms with Gasteiger partial charge in [-0.1, -0.05) is 44.5 Å². The second-order valence-electron chi connectivity index (χ2n) is 9.32. The van der Waals surface area contributed by atoms with Crippen LogP contribution in [0.4, 0.5) is 0 Å². The maximum absolute atomic E-state index is 10.8. The van der Waals surface area contributed by atoms with E-state index in [1.807, 2.05) is 67.9 Å². The van der Waals surface area contributed by atoms with Gasteiger partial charge in [-0.3, -0.25) is 9.88 Å². The highest BCUT2D eigenvalue weighted by atomic mass is 35.5. The summed E-state index contributed by atoms with van der Waals surface area (Å²) in [6, 6.07) is 11.4. The van der Waals surface area contributed by atoms with Gasteiger partial charge in [0.1, 0.15) is 17.9 Å². The number of nitrogens with zero attached hydrogens (tertiary/aromatic N) is 3. The first-order valence-electron chi connectivity index (χ1n) is 9.72. The lowest BCUT2D eigenvalue weighted by Crippen LogP contribution is -2.38. The maximum atomic E-state index is 10.8. The molecule has 3 aromatic rings. The van der Waals surface area contributed by atoms with Crippen molar-refractivity contribution in [3.05, 3.63) is 65.2 Å². The van der Waals surface area contributed by atoms with Gasteiger partial charge in [0.25, 0.3) is 0 Å². The minimum absolute atomic E-state index is 0.149. The van der Waals surface area contributed by atoms with Crippen LogP contribution in [0.15, 0.2) is 48.8 Å². The molecule has 1 atom stereocenters. The Morgan fingerprint density at radius 1 is 1.03 bits per heavy atom. The first-order valence-corrected chi connectivity index (χ1v) is 10.1. The number of aliphatic hydroxyl groups is 1. The summed E-state index contributed by atoms with van der Waals surface area (Å²) in [4.78, 5) is 9.41. The van der Waals surface area contributed by atoms with Gasteiger partial charge in [0.2, 0.25) is 0 Å². The van der Waals surface area contributed by atoms with Gasteiger partial charge in [0.05, 0.1) is 5.69 Å². The number of pyridine rings is 1. The lowest BCUT2D eigenvalue weighted by molar-refractivity contribution is 0.107. The Labute approximate surface area is 177 Å². The van der Waals surface area contributed by atoms with Gasteiger partial charge in [0.15, 0.2) is 0 Å². The second kappa shape index (κ2) is 7.90. The van der Waals surface area contributed by atoms with E-state index in [0.717, 1.165) is 22.6 Å². The van der Waals surface area contributed by atoms with Crippen LogP contribution in [0.2, 0.25) is 5.02 Å². The van der Waals surface area contributed by atoms with Crippen molar-refractivity contribution in [2.45, 2.75) is 58.7 Å². The van der Waals surface area contributed by atoms with Crippen molar-refractivity contribution in [2.24, 2.45) is 0 Å². The fraction of sp³-hybridized carbons (Fsp3) is 0.391. The fourth-order valence-electron chi connectivity index (χ4n) is 3.12. The summed E-state index contributed by atoms with van der Waals surface area (Å²) in [6.45, 7) is 12.4. The highest BCUT2D eigenvalue weighted by molar-refractivity contribution is 6.30. The van der Waals surface area contributed by atoms with Gasteiger partial charge in [0, 0.05) is 39.5 Å². The normalized spacial score (nSPS) is 13.5. The first-order chi connectivity index (χ1) is 13.4. The predicted octanol–water partition coefficient (Wildman–Crippen LogP) is 5.26. The van der Waals surface area contributed by atoms with Crippen molar-refractivity contribution in [1.29, 1.82) is 0 Å². The molecule has 154 valence electrons. The Balaban J connectivity index is 2.16. The molecule has 1 aromatic carbocycles. The first kappa shape index (κ1) is 21.5. The predicted molar refractivity (Wildman–Crippen MR) is 118 cm³/mol. The summed E-state index contributed by atoms with van der Waals surface area (Å²) < 4.78 is 1.98. The topological polar surface area (TPSA) is 63.0 Å². The quantitative estimate of drug-likeness (QED) is 0.573. The zero-order valence-electron chi connectivity index (χ0n) is 17.9. The highest BCUT2D eigenvalue weighted by Crippen LogP contribution is 2.28. The molecule has 0 spiro atoms. The van der Waals surface area contributed by atoms with Gasteiger partial charge in [-0.25, -0.2) is 9.97 Å². The molecule has 5 nitrogen and oxygen atoms in total. The molecule has 29 heavy (non-hydrogen) atoms. The number of benzene rings is 1. The zero-order chi connectivity index (χ0) is 21.4. The molecule has 0 saturated heterocycles. The molecule has 1 unspecified atom stereocenters. The summed E-state index contributed by atoms with van der Waals surface area (Å²) >= 11 is 6.05. The average molecular weight is 413 g/mol. The van der Waals surface area contributed by atoms with Crippen molar-refractivity contribution >= 4 is 11.6 Å². The Morgan fingerprint density at radius 2 is 1.69 bits per heavy atom. The number of aromatic nitrogens is 3. The largest absolute Gasteiger partial charge is 0.374 e. The lowest BCUT2D eigenvalue weighted by atomic mass is 9.95. The zero-order valence-corrected chi connectivity index (χ0v) is 18.6. The number of hydrogen-bond acceptors (Lipinski definition) is 4. The highest BCUT2D eigenvalue weighted by Gasteiger charge is 2.23. The van der Waals surface area contributed by atoms with Gasteiger partial charge in [-0.2, -0.15) is 0 Å². The van der Waals surface area contributed by atoms with E-state index in [4.69, 9.17) is 16.6 Å². The molecule has 6 heteroatoms. The lowest BCUT2D eigenvalue weighted by Gasteiger charge is -2.26. The number of imidazole rings is 1. The van der Waals surface area contributed by atoms with Crippen molar-refractivity contribution < 1.29 is 5.11 Å². The Kier molecular flexibility index (Phi) is 5.86. The molecule has 0 bridgehead atoms. The van der Waals surface area contributed by atoms with Crippen LogP contribution < -0.4 is 5.32 Å². The van der Waals surface area contributed by atoms with Crippen LogP contribution in [0.25, 0.3) is 17.1 Å².